The highest BCUT2D eigenvalue weighted by Gasteiger charge is 1.82. The van der Waals surface area contributed by atoms with Crippen LogP contribution in [0.4, 0.5) is 0 Å². The summed E-state index contributed by atoms with van der Waals surface area (Å²) < 4.78 is 4.39. The van der Waals surface area contributed by atoms with Crippen molar-refractivity contribution in [3.63, 3.8) is 0 Å². The second-order valence-electron chi connectivity index (χ2n) is 2.29. The fourth-order valence-corrected chi connectivity index (χ4v) is 0.828. The predicted octanol–water partition coefficient (Wildman–Crippen LogP) is 2.70. The van der Waals surface area contributed by atoms with E-state index in [1.807, 2.05) is 18.2 Å². The fourth-order valence-electron chi connectivity index (χ4n) is 0.725. The smallest absolute Gasteiger partial charge is 0.146 e. The molecule has 72 valence electrons. The molecule has 0 amide bonds. The Morgan fingerprint density at radius 1 is 0.929 bits per heavy atom. The van der Waals surface area contributed by atoms with Gasteiger partial charge in [0.05, 0.1) is 0 Å². The molecule has 0 aliphatic rings. The summed E-state index contributed by atoms with van der Waals surface area (Å²) in [6.45, 7) is 0. The van der Waals surface area contributed by atoms with E-state index in [-0.39, 0.29) is 0 Å². The van der Waals surface area contributed by atoms with Crippen LogP contribution in [0.5, 0.6) is 5.75 Å². The predicted molar refractivity (Wildman–Crippen MR) is 55.0 cm³/mol. The number of halogens is 1. The van der Waals surface area contributed by atoms with Crippen LogP contribution >= 0.6 is 11.9 Å². The summed E-state index contributed by atoms with van der Waals surface area (Å²) in [7, 11) is 0. The minimum absolute atomic E-state index is 0.675. The Hall–Kier alpha value is -1.61. The normalized spacial score (nSPS) is 8.36. The molecular formula is C10H9ClN2O. The Labute approximate surface area is 87.5 Å². The maximum atomic E-state index is 5.03. The summed E-state index contributed by atoms with van der Waals surface area (Å²) in [4.78, 5) is 7.35. The summed E-state index contributed by atoms with van der Waals surface area (Å²) in [6.07, 6.45) is 4.88. The monoisotopic (exact) mass is 208 g/mol. The molecule has 0 aliphatic carbocycles. The van der Waals surface area contributed by atoms with Crippen LogP contribution in [0, 0.1) is 0 Å². The molecule has 0 spiro atoms. The molecule has 0 saturated carbocycles. The van der Waals surface area contributed by atoms with Gasteiger partial charge in [0.2, 0.25) is 0 Å². The van der Waals surface area contributed by atoms with Gasteiger partial charge in [-0.15, -0.1) is 0 Å². The molecule has 2 aromatic rings. The van der Waals surface area contributed by atoms with E-state index in [2.05, 4.69) is 14.3 Å². The number of hydrogen-bond donors (Lipinski definition) is 0. The van der Waals surface area contributed by atoms with Gasteiger partial charge in [0.1, 0.15) is 23.9 Å². The molecule has 0 saturated heterocycles. The van der Waals surface area contributed by atoms with Crippen LogP contribution in [0.1, 0.15) is 0 Å². The Bertz CT molecular complexity index is 302. The molecule has 1 aromatic heterocycles. The Morgan fingerprint density at radius 2 is 1.57 bits per heavy atom. The molecule has 4 heteroatoms. The van der Waals surface area contributed by atoms with Crippen molar-refractivity contribution >= 4 is 11.9 Å². The van der Waals surface area contributed by atoms with Crippen molar-refractivity contribution in [2.45, 2.75) is 0 Å². The van der Waals surface area contributed by atoms with Gasteiger partial charge in [0.15, 0.2) is 0 Å². The first kappa shape index (κ1) is 10.5. The van der Waals surface area contributed by atoms with E-state index in [9.17, 15) is 0 Å². The maximum absolute atomic E-state index is 5.03. The Kier molecular flexibility index (Phi) is 5.13. The van der Waals surface area contributed by atoms with Crippen molar-refractivity contribution in [1.29, 1.82) is 0 Å². The van der Waals surface area contributed by atoms with E-state index < -0.39 is 0 Å². The SMILES string of the molecule is ClOc1ccccc1.c1cncnc1. The highest BCUT2D eigenvalue weighted by Crippen LogP contribution is 2.08. The van der Waals surface area contributed by atoms with Crippen LogP contribution in [0.15, 0.2) is 55.1 Å². The van der Waals surface area contributed by atoms with E-state index in [0.29, 0.717) is 5.75 Å². The molecule has 0 aliphatic heterocycles. The van der Waals surface area contributed by atoms with Crippen molar-refractivity contribution in [1.82, 2.24) is 9.97 Å². The Balaban J connectivity index is 0.000000146. The number of benzene rings is 1. The summed E-state index contributed by atoms with van der Waals surface area (Å²) in [5.41, 5.74) is 0. The largest absolute Gasteiger partial charge is 0.386 e. The van der Waals surface area contributed by atoms with Crippen molar-refractivity contribution < 1.29 is 4.29 Å². The summed E-state index contributed by atoms with van der Waals surface area (Å²) in [5, 5.41) is 0. The van der Waals surface area contributed by atoms with Gasteiger partial charge in [-0.05, 0) is 18.2 Å². The molecule has 0 unspecified atom stereocenters. The second kappa shape index (κ2) is 6.86. The first-order valence-corrected chi connectivity index (χ1v) is 4.28. The van der Waals surface area contributed by atoms with Gasteiger partial charge in [-0.25, -0.2) is 9.97 Å². The van der Waals surface area contributed by atoms with Crippen LogP contribution in [0.25, 0.3) is 0 Å². The van der Waals surface area contributed by atoms with Gasteiger partial charge in [-0.1, -0.05) is 18.2 Å². The van der Waals surface area contributed by atoms with E-state index in [4.69, 9.17) is 11.9 Å². The van der Waals surface area contributed by atoms with Crippen LogP contribution in [-0.4, -0.2) is 9.97 Å². The zero-order valence-corrected chi connectivity index (χ0v) is 8.13. The number of nitrogens with zero attached hydrogens (tertiary/aromatic N) is 2. The molecule has 0 fully saturated rings. The number of rotatable bonds is 1. The lowest BCUT2D eigenvalue weighted by Crippen LogP contribution is -1.69. The van der Waals surface area contributed by atoms with Gasteiger partial charge in [-0.2, -0.15) is 0 Å². The molecule has 1 heterocycles. The Morgan fingerprint density at radius 3 is 1.86 bits per heavy atom. The van der Waals surface area contributed by atoms with Gasteiger partial charge in [0.25, 0.3) is 0 Å². The zero-order chi connectivity index (χ0) is 10.1. The maximum Gasteiger partial charge on any atom is 0.146 e. The molecule has 0 bridgehead atoms. The average molecular weight is 209 g/mol. The topological polar surface area (TPSA) is 35.0 Å². The zero-order valence-electron chi connectivity index (χ0n) is 7.38. The molecule has 14 heavy (non-hydrogen) atoms. The van der Waals surface area contributed by atoms with E-state index in [1.165, 1.54) is 6.33 Å². The standard InChI is InChI=1S/C6H5ClO.C4H4N2/c7-8-6-4-2-1-3-5-6;1-2-5-4-6-3-1/h1-5H;1-4H. The van der Waals surface area contributed by atoms with E-state index in [1.54, 1.807) is 30.6 Å². The van der Waals surface area contributed by atoms with Crippen molar-refractivity contribution in [3.8, 4) is 5.75 Å². The van der Waals surface area contributed by atoms with Crippen molar-refractivity contribution in [3.05, 3.63) is 55.1 Å². The van der Waals surface area contributed by atoms with E-state index >= 15 is 0 Å². The van der Waals surface area contributed by atoms with Crippen LogP contribution in [0.2, 0.25) is 0 Å². The van der Waals surface area contributed by atoms with Gasteiger partial charge >= 0.3 is 0 Å². The summed E-state index contributed by atoms with van der Waals surface area (Å²) in [5.74, 6) is 0.675. The molecule has 3 nitrogen and oxygen atoms in total. The van der Waals surface area contributed by atoms with Crippen LogP contribution in [-0.2, 0) is 0 Å². The van der Waals surface area contributed by atoms with Gasteiger partial charge in [-0.3, -0.25) is 0 Å². The van der Waals surface area contributed by atoms with Gasteiger partial charge < -0.3 is 4.29 Å². The third kappa shape index (κ3) is 4.42. The van der Waals surface area contributed by atoms with Gasteiger partial charge in [0, 0.05) is 12.4 Å². The number of aromatic nitrogens is 2. The third-order valence-electron chi connectivity index (χ3n) is 1.31. The first-order chi connectivity index (χ1) is 6.93. The molecule has 0 radical (unpaired) electrons. The average Bonchev–Trinajstić information content (AvgIpc) is 2.33. The number of para-hydroxylation sites is 1. The van der Waals surface area contributed by atoms with Crippen molar-refractivity contribution in [2.24, 2.45) is 0 Å². The fraction of sp³-hybridized carbons (Fsp3) is 0. The minimum Gasteiger partial charge on any atom is -0.386 e. The third-order valence-corrected chi connectivity index (χ3v) is 1.49. The summed E-state index contributed by atoms with van der Waals surface area (Å²) >= 11 is 5.03. The molecular weight excluding hydrogens is 200 g/mol. The lowest BCUT2D eigenvalue weighted by molar-refractivity contribution is 0.619. The quantitative estimate of drug-likeness (QED) is 0.723. The van der Waals surface area contributed by atoms with Crippen molar-refractivity contribution in [2.75, 3.05) is 0 Å². The lowest BCUT2D eigenvalue weighted by atomic mass is 10.3. The van der Waals surface area contributed by atoms with Crippen LogP contribution in [0.3, 0.4) is 0 Å². The molecule has 0 atom stereocenters. The first-order valence-electron chi connectivity index (χ1n) is 3.97. The highest BCUT2D eigenvalue weighted by atomic mass is 35.5. The van der Waals surface area contributed by atoms with E-state index in [0.717, 1.165) is 0 Å². The molecule has 1 aromatic carbocycles. The minimum atomic E-state index is 0.675. The second-order valence-corrected chi connectivity index (χ2v) is 2.45. The lowest BCUT2D eigenvalue weighted by Gasteiger charge is -1.89. The number of hydrogen-bond acceptors (Lipinski definition) is 3. The van der Waals surface area contributed by atoms with Crippen LogP contribution < -0.4 is 4.29 Å². The highest BCUT2D eigenvalue weighted by molar-refractivity contribution is 6.09. The molecule has 2 rings (SSSR count). The summed E-state index contributed by atoms with van der Waals surface area (Å²) in [6, 6.07) is 11.0. The molecule has 0 N–H and O–H groups in total.